The van der Waals surface area contributed by atoms with Crippen molar-refractivity contribution in [3.63, 3.8) is 0 Å². The molecular formula is C15H18N4O2S2. The highest BCUT2D eigenvalue weighted by Crippen LogP contribution is 2.32. The second kappa shape index (κ2) is 7.65. The average Bonchev–Trinajstić information content (AvgIpc) is 3.26. The van der Waals surface area contributed by atoms with E-state index in [4.69, 9.17) is 0 Å². The van der Waals surface area contributed by atoms with Gasteiger partial charge in [-0.3, -0.25) is 9.59 Å². The van der Waals surface area contributed by atoms with E-state index in [1.165, 1.54) is 11.3 Å². The Hall–Kier alpha value is -1.80. The number of amides is 2. The predicted octanol–water partition coefficient (Wildman–Crippen LogP) is 3.07. The molecule has 3 rings (SSSR count). The first-order valence-corrected chi connectivity index (χ1v) is 9.38. The topological polar surface area (TPSA) is 75.2 Å². The van der Waals surface area contributed by atoms with Crippen LogP contribution in [0.5, 0.6) is 0 Å². The van der Waals surface area contributed by atoms with Gasteiger partial charge < -0.3 is 10.2 Å². The van der Waals surface area contributed by atoms with Crippen LogP contribution in [-0.2, 0) is 9.59 Å². The van der Waals surface area contributed by atoms with Crippen molar-refractivity contribution < 1.29 is 9.59 Å². The lowest BCUT2D eigenvalue weighted by Crippen LogP contribution is -2.38. The van der Waals surface area contributed by atoms with Crippen LogP contribution in [0.1, 0.15) is 43.2 Å². The van der Waals surface area contributed by atoms with Crippen LogP contribution in [0.25, 0.3) is 0 Å². The van der Waals surface area contributed by atoms with Crippen LogP contribution in [0.4, 0.5) is 5.13 Å². The third kappa shape index (κ3) is 4.14. The maximum absolute atomic E-state index is 12.5. The van der Waals surface area contributed by atoms with Gasteiger partial charge in [0, 0.05) is 42.5 Å². The number of carbonyl (C=O) groups excluding carboxylic acids is 2. The van der Waals surface area contributed by atoms with Crippen molar-refractivity contribution in [3.8, 4) is 0 Å². The number of thiazole rings is 2. The SMILES string of the molecule is O=C(CCC(=O)N1CCCCC1c1nccs1)Nc1nccs1. The van der Waals surface area contributed by atoms with Crippen LogP contribution in [-0.4, -0.2) is 33.2 Å². The molecule has 0 bridgehead atoms. The van der Waals surface area contributed by atoms with Crippen molar-refractivity contribution in [2.24, 2.45) is 0 Å². The monoisotopic (exact) mass is 350 g/mol. The molecule has 1 fully saturated rings. The largest absolute Gasteiger partial charge is 0.333 e. The van der Waals surface area contributed by atoms with Gasteiger partial charge in [0.05, 0.1) is 6.04 Å². The van der Waals surface area contributed by atoms with E-state index in [1.807, 2.05) is 10.3 Å². The first-order valence-electron chi connectivity index (χ1n) is 7.62. The van der Waals surface area contributed by atoms with E-state index in [0.717, 1.165) is 30.8 Å². The molecule has 1 N–H and O–H groups in total. The summed E-state index contributed by atoms with van der Waals surface area (Å²) in [6.07, 6.45) is 6.89. The Morgan fingerprint density at radius 3 is 2.74 bits per heavy atom. The zero-order valence-electron chi connectivity index (χ0n) is 12.6. The van der Waals surface area contributed by atoms with Gasteiger partial charge in [-0.05, 0) is 19.3 Å². The number of anilines is 1. The Labute approximate surface area is 142 Å². The molecule has 0 spiro atoms. The molecule has 1 aliphatic heterocycles. The molecule has 3 heterocycles. The summed E-state index contributed by atoms with van der Waals surface area (Å²) in [4.78, 5) is 34.7. The molecule has 1 unspecified atom stereocenters. The number of rotatable bonds is 5. The molecule has 1 atom stereocenters. The molecular weight excluding hydrogens is 332 g/mol. The number of hydrogen-bond donors (Lipinski definition) is 1. The van der Waals surface area contributed by atoms with Gasteiger partial charge in [-0.15, -0.1) is 22.7 Å². The van der Waals surface area contributed by atoms with Crippen LogP contribution < -0.4 is 5.32 Å². The van der Waals surface area contributed by atoms with Crippen LogP contribution in [0.15, 0.2) is 23.2 Å². The smallest absolute Gasteiger partial charge is 0.226 e. The second-order valence-corrected chi connectivity index (χ2v) is 7.18. The molecule has 6 nitrogen and oxygen atoms in total. The lowest BCUT2D eigenvalue weighted by Gasteiger charge is -2.34. The fraction of sp³-hybridized carbons (Fsp3) is 0.467. The quantitative estimate of drug-likeness (QED) is 0.899. The number of nitrogens with one attached hydrogen (secondary N) is 1. The van der Waals surface area contributed by atoms with E-state index in [0.29, 0.717) is 5.13 Å². The second-order valence-electron chi connectivity index (χ2n) is 5.35. The van der Waals surface area contributed by atoms with E-state index in [2.05, 4.69) is 15.3 Å². The highest BCUT2D eigenvalue weighted by atomic mass is 32.1. The van der Waals surface area contributed by atoms with E-state index in [9.17, 15) is 9.59 Å². The molecule has 0 aliphatic carbocycles. The summed E-state index contributed by atoms with van der Waals surface area (Å²) in [7, 11) is 0. The predicted molar refractivity (Wildman–Crippen MR) is 90.4 cm³/mol. The number of hydrogen-bond acceptors (Lipinski definition) is 6. The molecule has 1 aliphatic rings. The fourth-order valence-electron chi connectivity index (χ4n) is 2.72. The van der Waals surface area contributed by atoms with E-state index < -0.39 is 0 Å². The summed E-state index contributed by atoms with van der Waals surface area (Å²) in [6, 6.07) is 0.0678. The third-order valence-corrected chi connectivity index (χ3v) is 5.37. The molecule has 2 aromatic heterocycles. The summed E-state index contributed by atoms with van der Waals surface area (Å²) >= 11 is 2.95. The van der Waals surface area contributed by atoms with Gasteiger partial charge in [0.25, 0.3) is 0 Å². The number of nitrogens with zero attached hydrogens (tertiary/aromatic N) is 3. The van der Waals surface area contributed by atoms with Crippen molar-refractivity contribution in [3.05, 3.63) is 28.2 Å². The van der Waals surface area contributed by atoms with Crippen LogP contribution in [0.3, 0.4) is 0 Å². The Morgan fingerprint density at radius 2 is 2.00 bits per heavy atom. The van der Waals surface area contributed by atoms with Crippen molar-refractivity contribution in [1.82, 2.24) is 14.9 Å². The fourth-order valence-corrected chi connectivity index (χ4v) is 4.05. The summed E-state index contributed by atoms with van der Waals surface area (Å²) < 4.78 is 0. The molecule has 0 saturated carbocycles. The Kier molecular flexibility index (Phi) is 5.35. The first-order chi connectivity index (χ1) is 11.2. The molecule has 23 heavy (non-hydrogen) atoms. The first kappa shape index (κ1) is 16.1. The van der Waals surface area contributed by atoms with E-state index in [1.54, 1.807) is 29.1 Å². The maximum Gasteiger partial charge on any atom is 0.226 e. The summed E-state index contributed by atoms with van der Waals surface area (Å²) in [5, 5.41) is 8.01. The Morgan fingerprint density at radius 1 is 1.17 bits per heavy atom. The average molecular weight is 350 g/mol. The minimum atomic E-state index is -0.170. The molecule has 8 heteroatoms. The highest BCUT2D eigenvalue weighted by molar-refractivity contribution is 7.13. The Bertz CT molecular complexity index is 643. The van der Waals surface area contributed by atoms with Crippen LogP contribution >= 0.6 is 22.7 Å². The number of carbonyl (C=O) groups is 2. The molecule has 2 aromatic rings. The van der Waals surface area contributed by atoms with Gasteiger partial charge in [0.15, 0.2) is 5.13 Å². The van der Waals surface area contributed by atoms with Crippen molar-refractivity contribution >= 4 is 39.6 Å². The standard InChI is InChI=1S/C15H18N4O2S2/c20-12(18-15-17-7-10-23-15)4-5-13(21)19-8-2-1-3-11(19)14-16-6-9-22-14/h6-7,9-11H,1-5,8H2,(H,17,18,20). The lowest BCUT2D eigenvalue weighted by molar-refractivity contribution is -0.136. The minimum Gasteiger partial charge on any atom is -0.333 e. The van der Waals surface area contributed by atoms with Gasteiger partial charge in [-0.25, -0.2) is 9.97 Å². The molecule has 2 amide bonds. The zero-order chi connectivity index (χ0) is 16.1. The number of aromatic nitrogens is 2. The van der Waals surface area contributed by atoms with Crippen LogP contribution in [0, 0.1) is 0 Å². The van der Waals surface area contributed by atoms with Crippen molar-refractivity contribution in [1.29, 1.82) is 0 Å². The van der Waals surface area contributed by atoms with E-state index in [-0.39, 0.29) is 30.7 Å². The minimum absolute atomic E-state index is 0.0270. The van der Waals surface area contributed by atoms with Gasteiger partial charge in [0.1, 0.15) is 5.01 Å². The lowest BCUT2D eigenvalue weighted by atomic mass is 10.0. The van der Waals surface area contributed by atoms with Gasteiger partial charge in [-0.2, -0.15) is 0 Å². The summed E-state index contributed by atoms with van der Waals surface area (Å²) in [5.74, 6) is -0.143. The Balaban J connectivity index is 1.55. The summed E-state index contributed by atoms with van der Waals surface area (Å²) in [5.41, 5.74) is 0. The molecule has 1 saturated heterocycles. The van der Waals surface area contributed by atoms with Crippen molar-refractivity contribution in [2.75, 3.05) is 11.9 Å². The van der Waals surface area contributed by atoms with Gasteiger partial charge in [-0.1, -0.05) is 0 Å². The third-order valence-electron chi connectivity index (χ3n) is 3.80. The zero-order valence-corrected chi connectivity index (χ0v) is 14.2. The number of piperidine rings is 1. The maximum atomic E-state index is 12.5. The van der Waals surface area contributed by atoms with Gasteiger partial charge >= 0.3 is 0 Å². The van der Waals surface area contributed by atoms with Crippen LogP contribution in [0.2, 0.25) is 0 Å². The molecule has 0 radical (unpaired) electrons. The van der Waals surface area contributed by atoms with Crippen molar-refractivity contribution in [2.45, 2.75) is 38.1 Å². The van der Waals surface area contributed by atoms with E-state index >= 15 is 0 Å². The normalized spacial score (nSPS) is 17.9. The number of likely N-dealkylation sites (tertiary alicyclic amines) is 1. The molecule has 0 aromatic carbocycles. The summed E-state index contributed by atoms with van der Waals surface area (Å²) in [6.45, 7) is 0.747. The van der Waals surface area contributed by atoms with Gasteiger partial charge in [0.2, 0.25) is 11.8 Å². The highest BCUT2D eigenvalue weighted by Gasteiger charge is 2.29. The molecule has 122 valence electrons.